The van der Waals surface area contributed by atoms with Gasteiger partial charge in [0, 0.05) is 12.6 Å². The van der Waals surface area contributed by atoms with E-state index in [0.29, 0.717) is 0 Å². The zero-order valence-electron chi connectivity index (χ0n) is 11.1. The second kappa shape index (κ2) is 5.58. The fourth-order valence-corrected chi connectivity index (χ4v) is 3.20. The van der Waals surface area contributed by atoms with Crippen molar-refractivity contribution >= 4 is 21.7 Å². The summed E-state index contributed by atoms with van der Waals surface area (Å²) in [6, 6.07) is 1.59. The van der Waals surface area contributed by atoms with Crippen LogP contribution in [-0.4, -0.2) is 37.7 Å². The third-order valence-corrected chi connectivity index (χ3v) is 5.11. The van der Waals surface area contributed by atoms with Gasteiger partial charge in [0.05, 0.1) is 10.5 Å². The molecule has 2 N–H and O–H groups in total. The van der Waals surface area contributed by atoms with E-state index in [9.17, 15) is 22.4 Å². The topological polar surface area (TPSA) is 101 Å². The van der Waals surface area contributed by atoms with Crippen LogP contribution in [0.2, 0.25) is 0 Å². The van der Waals surface area contributed by atoms with Crippen LogP contribution in [-0.2, 0) is 14.6 Å². The smallest absolute Gasteiger partial charge is 0.335 e. The molecule has 0 saturated carbocycles. The molecule has 0 fully saturated rings. The molecule has 8 heteroatoms. The zero-order valence-corrected chi connectivity index (χ0v) is 11.9. The minimum atomic E-state index is -4.17. The predicted molar refractivity (Wildman–Crippen MR) is 68.8 cm³/mol. The van der Waals surface area contributed by atoms with Crippen LogP contribution in [0.15, 0.2) is 17.0 Å². The van der Waals surface area contributed by atoms with Crippen LogP contribution in [0.4, 0.5) is 4.39 Å². The molecule has 20 heavy (non-hydrogen) atoms. The number of aromatic carboxylic acids is 1. The molecule has 1 rings (SSSR count). The van der Waals surface area contributed by atoms with Gasteiger partial charge in [-0.25, -0.2) is 17.6 Å². The van der Waals surface area contributed by atoms with Crippen LogP contribution in [0.1, 0.15) is 22.8 Å². The largest absolute Gasteiger partial charge is 0.478 e. The molecule has 1 atom stereocenters. The molecule has 0 saturated heterocycles. The van der Waals surface area contributed by atoms with Gasteiger partial charge in [0.1, 0.15) is 11.1 Å². The van der Waals surface area contributed by atoms with Gasteiger partial charge in [-0.3, -0.25) is 4.79 Å². The van der Waals surface area contributed by atoms with Crippen molar-refractivity contribution in [3.05, 3.63) is 29.1 Å². The molecular formula is C12H14FNO5S. The van der Waals surface area contributed by atoms with Crippen LogP contribution < -0.4 is 5.32 Å². The quantitative estimate of drug-likeness (QED) is 0.854. The standard InChI is InChI=1S/C12H14FNO5S/c1-6-9(13)4-8(12(16)17)5-10(6)20(18,19)7(2)11(15)14-3/h4-5,7H,1-3H3,(H,14,15)(H,16,17). The molecule has 6 nitrogen and oxygen atoms in total. The van der Waals surface area contributed by atoms with Gasteiger partial charge in [0.2, 0.25) is 5.91 Å². The highest BCUT2D eigenvalue weighted by atomic mass is 32.2. The number of rotatable bonds is 4. The molecule has 0 heterocycles. The second-order valence-corrected chi connectivity index (χ2v) is 6.42. The number of sulfone groups is 1. The Morgan fingerprint density at radius 2 is 1.90 bits per heavy atom. The Kier molecular flexibility index (Phi) is 4.49. The number of amides is 1. The number of nitrogens with one attached hydrogen (secondary N) is 1. The van der Waals surface area contributed by atoms with Crippen LogP contribution in [0.5, 0.6) is 0 Å². The first-order chi connectivity index (χ1) is 9.12. The highest BCUT2D eigenvalue weighted by Gasteiger charge is 2.32. The van der Waals surface area contributed by atoms with E-state index in [-0.39, 0.29) is 5.56 Å². The number of halogens is 1. The van der Waals surface area contributed by atoms with E-state index in [4.69, 9.17) is 5.11 Å². The van der Waals surface area contributed by atoms with Crippen LogP contribution in [0, 0.1) is 12.7 Å². The molecule has 110 valence electrons. The Hall–Kier alpha value is -1.96. The van der Waals surface area contributed by atoms with Gasteiger partial charge >= 0.3 is 5.97 Å². The zero-order chi connectivity index (χ0) is 15.7. The summed E-state index contributed by atoms with van der Waals surface area (Å²) in [6.07, 6.45) is 0. The van der Waals surface area contributed by atoms with Gasteiger partial charge in [0.15, 0.2) is 9.84 Å². The Morgan fingerprint density at radius 1 is 1.35 bits per heavy atom. The summed E-state index contributed by atoms with van der Waals surface area (Å²) >= 11 is 0. The molecule has 1 aromatic rings. The van der Waals surface area contributed by atoms with Gasteiger partial charge in [-0.2, -0.15) is 0 Å². The number of benzene rings is 1. The van der Waals surface area contributed by atoms with Crippen LogP contribution in [0.3, 0.4) is 0 Å². The highest BCUT2D eigenvalue weighted by Crippen LogP contribution is 2.24. The third kappa shape index (κ3) is 2.79. The maximum atomic E-state index is 13.6. The van der Waals surface area contributed by atoms with Crippen molar-refractivity contribution in [1.82, 2.24) is 5.32 Å². The number of hydrogen-bond donors (Lipinski definition) is 2. The van der Waals surface area contributed by atoms with E-state index in [1.165, 1.54) is 14.0 Å². The van der Waals surface area contributed by atoms with Crippen molar-refractivity contribution in [2.45, 2.75) is 24.0 Å². The summed E-state index contributed by atoms with van der Waals surface area (Å²) in [5.41, 5.74) is -0.707. The molecule has 0 spiro atoms. The normalized spacial score (nSPS) is 12.8. The molecule has 1 aromatic carbocycles. The van der Waals surface area contributed by atoms with Crippen molar-refractivity contribution in [2.24, 2.45) is 0 Å². The summed E-state index contributed by atoms with van der Waals surface area (Å²) in [5.74, 6) is -3.16. The number of carbonyl (C=O) groups excluding carboxylic acids is 1. The summed E-state index contributed by atoms with van der Waals surface area (Å²) in [4.78, 5) is 21.8. The molecule has 1 amide bonds. The summed E-state index contributed by atoms with van der Waals surface area (Å²) in [7, 11) is -2.90. The van der Waals surface area contributed by atoms with Crippen molar-refractivity contribution in [2.75, 3.05) is 7.05 Å². The lowest BCUT2D eigenvalue weighted by molar-refractivity contribution is -0.119. The molecule has 0 bridgehead atoms. The first-order valence-corrected chi connectivity index (χ1v) is 7.16. The van der Waals surface area contributed by atoms with Crippen LogP contribution >= 0.6 is 0 Å². The molecule has 0 radical (unpaired) electrons. The number of carbonyl (C=O) groups is 2. The first kappa shape index (κ1) is 16.1. The van der Waals surface area contributed by atoms with Crippen molar-refractivity contribution in [3.63, 3.8) is 0 Å². The highest BCUT2D eigenvalue weighted by molar-refractivity contribution is 7.92. The number of carboxylic acid groups (broad SMARTS) is 1. The molecule has 0 aliphatic rings. The number of hydrogen-bond acceptors (Lipinski definition) is 4. The number of carboxylic acids is 1. The van der Waals surface area contributed by atoms with E-state index in [1.54, 1.807) is 0 Å². The van der Waals surface area contributed by atoms with Gasteiger partial charge in [-0.05, 0) is 26.0 Å². The Bertz CT molecular complexity index is 669. The van der Waals surface area contributed by atoms with E-state index < -0.39 is 43.2 Å². The SMILES string of the molecule is CNC(=O)C(C)S(=O)(=O)c1cc(C(=O)O)cc(F)c1C. The van der Waals surface area contributed by atoms with E-state index in [0.717, 1.165) is 19.1 Å². The van der Waals surface area contributed by atoms with Crippen LogP contribution in [0.25, 0.3) is 0 Å². The lowest BCUT2D eigenvalue weighted by Gasteiger charge is -2.14. The second-order valence-electron chi connectivity index (χ2n) is 4.19. The van der Waals surface area contributed by atoms with Crippen molar-refractivity contribution < 1.29 is 27.5 Å². The fourth-order valence-electron chi connectivity index (χ4n) is 1.61. The predicted octanol–water partition coefficient (Wildman–Crippen LogP) is 0.741. The summed E-state index contributed by atoms with van der Waals surface area (Å²) in [5, 5.41) is 9.58. The van der Waals surface area contributed by atoms with Gasteiger partial charge < -0.3 is 10.4 Å². The van der Waals surface area contributed by atoms with Gasteiger partial charge in [-0.1, -0.05) is 0 Å². The monoisotopic (exact) mass is 303 g/mol. The van der Waals surface area contributed by atoms with E-state index in [2.05, 4.69) is 5.32 Å². The fraction of sp³-hybridized carbons (Fsp3) is 0.333. The lowest BCUT2D eigenvalue weighted by atomic mass is 10.1. The average Bonchev–Trinajstić information content (AvgIpc) is 2.39. The van der Waals surface area contributed by atoms with Gasteiger partial charge in [-0.15, -0.1) is 0 Å². The maximum absolute atomic E-state index is 13.6. The molecule has 1 unspecified atom stereocenters. The Labute approximate surface area is 115 Å². The minimum Gasteiger partial charge on any atom is -0.478 e. The van der Waals surface area contributed by atoms with E-state index in [1.807, 2.05) is 0 Å². The minimum absolute atomic E-state index is 0.217. The molecule has 0 aromatic heterocycles. The Balaban J connectivity index is 3.53. The molecular weight excluding hydrogens is 289 g/mol. The van der Waals surface area contributed by atoms with Gasteiger partial charge in [0.25, 0.3) is 0 Å². The first-order valence-electron chi connectivity index (χ1n) is 5.61. The summed E-state index contributed by atoms with van der Waals surface area (Å²) in [6.45, 7) is 2.36. The molecule has 0 aliphatic carbocycles. The molecule has 0 aliphatic heterocycles. The maximum Gasteiger partial charge on any atom is 0.335 e. The summed E-state index contributed by atoms with van der Waals surface area (Å²) < 4.78 is 38.2. The average molecular weight is 303 g/mol. The van der Waals surface area contributed by atoms with Crippen molar-refractivity contribution in [3.8, 4) is 0 Å². The van der Waals surface area contributed by atoms with Crippen molar-refractivity contribution in [1.29, 1.82) is 0 Å². The Morgan fingerprint density at radius 3 is 2.35 bits per heavy atom. The lowest BCUT2D eigenvalue weighted by Crippen LogP contribution is -2.36. The van der Waals surface area contributed by atoms with E-state index >= 15 is 0 Å². The third-order valence-electron chi connectivity index (χ3n) is 2.93.